The van der Waals surface area contributed by atoms with E-state index in [4.69, 9.17) is 16.3 Å². The first-order valence-corrected chi connectivity index (χ1v) is 7.37. The van der Waals surface area contributed by atoms with Gasteiger partial charge in [-0.1, -0.05) is 37.1 Å². The molecule has 0 amide bonds. The Labute approximate surface area is 125 Å². The van der Waals surface area contributed by atoms with Crippen molar-refractivity contribution in [1.29, 1.82) is 0 Å². The summed E-state index contributed by atoms with van der Waals surface area (Å²) in [6.07, 6.45) is 2.39. The second-order valence-corrected chi connectivity index (χ2v) is 5.16. The average molecular weight is 290 g/mol. The van der Waals surface area contributed by atoms with Crippen LogP contribution in [-0.2, 0) is 6.61 Å². The summed E-state index contributed by atoms with van der Waals surface area (Å²) in [5.74, 6) is 0.876. The van der Waals surface area contributed by atoms with Gasteiger partial charge in [0, 0.05) is 17.3 Å². The normalized spacial score (nSPS) is 10.3. The molecule has 0 saturated carbocycles. The predicted octanol–water partition coefficient (Wildman–Crippen LogP) is 5.13. The van der Waals surface area contributed by atoms with Gasteiger partial charge in [-0.2, -0.15) is 0 Å². The average Bonchev–Trinajstić information content (AvgIpc) is 2.48. The van der Waals surface area contributed by atoms with Crippen LogP contribution in [0, 0.1) is 0 Å². The van der Waals surface area contributed by atoms with E-state index < -0.39 is 0 Å². The maximum Gasteiger partial charge on any atom is 0.119 e. The Bertz CT molecular complexity index is 508. The molecule has 0 saturated heterocycles. The number of ether oxygens (including phenoxy) is 1. The summed E-state index contributed by atoms with van der Waals surface area (Å²) < 4.78 is 5.74. The second-order valence-electron chi connectivity index (χ2n) is 4.72. The third-order valence-electron chi connectivity index (χ3n) is 3.03. The van der Waals surface area contributed by atoms with E-state index in [-0.39, 0.29) is 0 Å². The number of anilines is 1. The Hall–Kier alpha value is -1.67. The van der Waals surface area contributed by atoms with Crippen LogP contribution >= 0.6 is 11.6 Å². The third-order valence-corrected chi connectivity index (χ3v) is 3.28. The molecule has 0 heterocycles. The summed E-state index contributed by atoms with van der Waals surface area (Å²) in [6.45, 7) is 3.76. The van der Waals surface area contributed by atoms with Gasteiger partial charge in [-0.3, -0.25) is 0 Å². The lowest BCUT2D eigenvalue weighted by Crippen LogP contribution is -2.00. The number of nitrogens with one attached hydrogen (secondary N) is 1. The van der Waals surface area contributed by atoms with Gasteiger partial charge in [-0.25, -0.2) is 0 Å². The van der Waals surface area contributed by atoms with Crippen molar-refractivity contribution in [3.8, 4) is 5.75 Å². The molecular formula is C17H20ClNO. The van der Waals surface area contributed by atoms with E-state index in [0.29, 0.717) is 6.61 Å². The number of halogens is 1. The largest absolute Gasteiger partial charge is 0.489 e. The van der Waals surface area contributed by atoms with Crippen LogP contribution in [0.25, 0.3) is 0 Å². The molecule has 0 bridgehead atoms. The SMILES string of the molecule is CCCCNc1ccc(OCc2ccc(Cl)cc2)cc1. The van der Waals surface area contributed by atoms with E-state index >= 15 is 0 Å². The number of unbranched alkanes of at least 4 members (excludes halogenated alkanes) is 1. The molecule has 0 aliphatic carbocycles. The smallest absolute Gasteiger partial charge is 0.119 e. The first-order chi connectivity index (χ1) is 9.78. The fourth-order valence-electron chi connectivity index (χ4n) is 1.83. The third kappa shape index (κ3) is 4.78. The van der Waals surface area contributed by atoms with Crippen molar-refractivity contribution in [2.45, 2.75) is 26.4 Å². The van der Waals surface area contributed by atoms with Gasteiger partial charge in [0.25, 0.3) is 0 Å². The van der Waals surface area contributed by atoms with Crippen molar-refractivity contribution in [2.24, 2.45) is 0 Å². The highest BCUT2D eigenvalue weighted by molar-refractivity contribution is 6.30. The molecule has 0 aliphatic heterocycles. The van der Waals surface area contributed by atoms with Gasteiger partial charge in [0.05, 0.1) is 0 Å². The fourth-order valence-corrected chi connectivity index (χ4v) is 1.95. The van der Waals surface area contributed by atoms with Gasteiger partial charge in [-0.05, 0) is 48.4 Å². The molecule has 0 atom stereocenters. The molecule has 2 nitrogen and oxygen atoms in total. The lowest BCUT2D eigenvalue weighted by Gasteiger charge is -2.09. The van der Waals surface area contributed by atoms with E-state index in [2.05, 4.69) is 12.2 Å². The summed E-state index contributed by atoms with van der Waals surface area (Å²) in [4.78, 5) is 0. The van der Waals surface area contributed by atoms with E-state index in [9.17, 15) is 0 Å². The van der Waals surface area contributed by atoms with Crippen LogP contribution in [0.2, 0.25) is 5.02 Å². The quantitative estimate of drug-likeness (QED) is 0.713. The minimum Gasteiger partial charge on any atom is -0.489 e. The Morgan fingerprint density at radius 2 is 1.70 bits per heavy atom. The maximum atomic E-state index is 5.85. The number of hydrogen-bond acceptors (Lipinski definition) is 2. The van der Waals surface area contributed by atoms with E-state index in [1.54, 1.807) is 0 Å². The zero-order valence-electron chi connectivity index (χ0n) is 11.7. The summed E-state index contributed by atoms with van der Waals surface area (Å²) in [5.41, 5.74) is 2.25. The van der Waals surface area contributed by atoms with Gasteiger partial charge in [0.15, 0.2) is 0 Å². The standard InChI is InChI=1S/C17H20ClNO/c1-2-3-12-19-16-8-10-17(11-9-16)20-13-14-4-6-15(18)7-5-14/h4-11,19H,2-3,12-13H2,1H3. The van der Waals surface area contributed by atoms with Gasteiger partial charge in [-0.15, -0.1) is 0 Å². The first-order valence-electron chi connectivity index (χ1n) is 6.99. The van der Waals surface area contributed by atoms with E-state index in [0.717, 1.165) is 28.6 Å². The lowest BCUT2D eigenvalue weighted by atomic mass is 10.2. The molecule has 0 fully saturated rings. The number of hydrogen-bond donors (Lipinski definition) is 1. The summed E-state index contributed by atoms with van der Waals surface area (Å²) in [7, 11) is 0. The van der Waals surface area contributed by atoms with Gasteiger partial charge >= 0.3 is 0 Å². The second kappa shape index (κ2) is 7.81. The monoisotopic (exact) mass is 289 g/mol. The molecule has 106 valence electrons. The van der Waals surface area contributed by atoms with E-state index in [1.807, 2.05) is 48.5 Å². The molecule has 0 spiro atoms. The molecule has 2 aromatic carbocycles. The van der Waals surface area contributed by atoms with Crippen LogP contribution in [0.15, 0.2) is 48.5 Å². The molecule has 1 N–H and O–H groups in total. The summed E-state index contributed by atoms with van der Waals surface area (Å²) in [5, 5.41) is 4.13. The molecule has 0 radical (unpaired) electrons. The van der Waals surface area contributed by atoms with Crippen LogP contribution in [0.3, 0.4) is 0 Å². The zero-order valence-corrected chi connectivity index (χ0v) is 12.5. The number of benzene rings is 2. The topological polar surface area (TPSA) is 21.3 Å². The van der Waals surface area contributed by atoms with E-state index in [1.165, 1.54) is 12.8 Å². The van der Waals surface area contributed by atoms with Crippen LogP contribution < -0.4 is 10.1 Å². The van der Waals surface area contributed by atoms with Crippen molar-refractivity contribution in [3.63, 3.8) is 0 Å². The zero-order chi connectivity index (χ0) is 14.2. The van der Waals surface area contributed by atoms with Gasteiger partial charge in [0.1, 0.15) is 12.4 Å². The molecule has 0 aromatic heterocycles. The Morgan fingerprint density at radius 1 is 1.00 bits per heavy atom. The summed E-state index contributed by atoms with van der Waals surface area (Å²) in [6, 6.07) is 15.8. The fraction of sp³-hybridized carbons (Fsp3) is 0.294. The van der Waals surface area contributed by atoms with Crippen molar-refractivity contribution in [2.75, 3.05) is 11.9 Å². The summed E-state index contributed by atoms with van der Waals surface area (Å²) >= 11 is 5.85. The Kier molecular flexibility index (Phi) is 5.75. The highest BCUT2D eigenvalue weighted by Gasteiger charge is 1.97. The van der Waals surface area contributed by atoms with Crippen LogP contribution in [0.5, 0.6) is 5.75 Å². The highest BCUT2D eigenvalue weighted by Crippen LogP contribution is 2.18. The van der Waals surface area contributed by atoms with Crippen molar-refractivity contribution < 1.29 is 4.74 Å². The predicted molar refractivity (Wildman–Crippen MR) is 85.6 cm³/mol. The van der Waals surface area contributed by atoms with Crippen molar-refractivity contribution >= 4 is 17.3 Å². The first kappa shape index (κ1) is 14.7. The van der Waals surface area contributed by atoms with Crippen molar-refractivity contribution in [1.82, 2.24) is 0 Å². The van der Waals surface area contributed by atoms with Crippen LogP contribution in [0.1, 0.15) is 25.3 Å². The highest BCUT2D eigenvalue weighted by atomic mass is 35.5. The Morgan fingerprint density at radius 3 is 2.35 bits per heavy atom. The molecule has 0 unspecified atom stereocenters. The van der Waals surface area contributed by atoms with Crippen LogP contribution in [-0.4, -0.2) is 6.54 Å². The molecule has 2 rings (SSSR count). The molecule has 3 heteroatoms. The van der Waals surface area contributed by atoms with Crippen LogP contribution in [0.4, 0.5) is 5.69 Å². The lowest BCUT2D eigenvalue weighted by molar-refractivity contribution is 0.306. The minimum atomic E-state index is 0.555. The molecule has 0 aliphatic rings. The molecular weight excluding hydrogens is 270 g/mol. The van der Waals surface area contributed by atoms with Gasteiger partial charge in [0.2, 0.25) is 0 Å². The maximum absolute atomic E-state index is 5.85. The van der Waals surface area contributed by atoms with Gasteiger partial charge < -0.3 is 10.1 Å². The Balaban J connectivity index is 1.82. The molecule has 2 aromatic rings. The minimum absolute atomic E-state index is 0.555. The number of rotatable bonds is 7. The van der Waals surface area contributed by atoms with Crippen molar-refractivity contribution in [3.05, 3.63) is 59.1 Å². The molecule has 20 heavy (non-hydrogen) atoms.